The maximum Gasteiger partial charge on any atom is 0.290 e. The van der Waals surface area contributed by atoms with Gasteiger partial charge in [-0.15, -0.1) is 0 Å². The molecule has 5 rings (SSSR count). The fraction of sp³-hybridized carbons (Fsp3) is 0.267. The van der Waals surface area contributed by atoms with E-state index in [0.717, 1.165) is 22.3 Å². The van der Waals surface area contributed by atoms with Crippen molar-refractivity contribution in [3.8, 4) is 17.2 Å². The number of amides is 1. The minimum absolute atomic E-state index is 0.109. The van der Waals surface area contributed by atoms with E-state index < -0.39 is 6.04 Å². The zero-order valence-electron chi connectivity index (χ0n) is 21.6. The number of rotatable bonds is 7. The Morgan fingerprint density at radius 3 is 2.27 bits per heavy atom. The van der Waals surface area contributed by atoms with Gasteiger partial charge in [0.25, 0.3) is 5.91 Å². The summed E-state index contributed by atoms with van der Waals surface area (Å²) < 4.78 is 22.3. The molecule has 0 spiro atoms. The first-order valence-electron chi connectivity index (χ1n) is 12.1. The second-order valence-electron chi connectivity index (χ2n) is 9.25. The van der Waals surface area contributed by atoms with Crippen molar-refractivity contribution < 1.29 is 23.4 Å². The molecule has 1 aliphatic rings. The molecule has 0 radical (unpaired) electrons. The van der Waals surface area contributed by atoms with Gasteiger partial charge in [-0.05, 0) is 72.9 Å². The van der Waals surface area contributed by atoms with Crippen LogP contribution >= 0.6 is 0 Å². The third-order valence-corrected chi connectivity index (χ3v) is 6.92. The lowest BCUT2D eigenvalue weighted by atomic mass is 9.97. The van der Waals surface area contributed by atoms with Crippen molar-refractivity contribution >= 4 is 16.9 Å². The van der Waals surface area contributed by atoms with Crippen molar-refractivity contribution in [1.29, 1.82) is 0 Å². The molecule has 190 valence electrons. The highest BCUT2D eigenvalue weighted by Gasteiger charge is 2.42. The first-order chi connectivity index (χ1) is 17.9. The molecular formula is C30H29NO6. The molecule has 0 saturated carbocycles. The van der Waals surface area contributed by atoms with Gasteiger partial charge in [-0.25, -0.2) is 0 Å². The fourth-order valence-electron chi connectivity index (χ4n) is 5.12. The average Bonchev–Trinajstić information content (AvgIpc) is 3.19. The molecule has 1 amide bonds. The number of benzene rings is 3. The Kier molecular flexibility index (Phi) is 6.38. The van der Waals surface area contributed by atoms with Gasteiger partial charge in [0.05, 0.1) is 38.3 Å². The maximum atomic E-state index is 13.9. The Bertz CT molecular complexity index is 1550. The topological polar surface area (TPSA) is 78.2 Å². The molecule has 1 aliphatic heterocycles. The highest BCUT2D eigenvalue weighted by Crippen LogP contribution is 2.39. The van der Waals surface area contributed by atoms with Crippen LogP contribution in [0.3, 0.4) is 0 Å². The van der Waals surface area contributed by atoms with Gasteiger partial charge < -0.3 is 23.5 Å². The van der Waals surface area contributed by atoms with Gasteiger partial charge in [0.2, 0.25) is 5.76 Å². The third kappa shape index (κ3) is 4.20. The van der Waals surface area contributed by atoms with E-state index in [4.69, 9.17) is 18.6 Å². The molecule has 7 nitrogen and oxygen atoms in total. The molecule has 1 aromatic heterocycles. The second-order valence-corrected chi connectivity index (χ2v) is 9.25. The van der Waals surface area contributed by atoms with Crippen molar-refractivity contribution in [2.24, 2.45) is 0 Å². The largest absolute Gasteiger partial charge is 0.497 e. The van der Waals surface area contributed by atoms with E-state index in [-0.39, 0.29) is 17.1 Å². The Labute approximate surface area is 215 Å². The lowest BCUT2D eigenvalue weighted by Gasteiger charge is -2.25. The Morgan fingerprint density at radius 2 is 1.59 bits per heavy atom. The van der Waals surface area contributed by atoms with Crippen LogP contribution in [0, 0.1) is 13.8 Å². The summed E-state index contributed by atoms with van der Waals surface area (Å²) in [6.45, 7) is 4.21. The molecule has 2 heterocycles. The zero-order chi connectivity index (χ0) is 26.3. The normalized spacial score (nSPS) is 14.7. The van der Waals surface area contributed by atoms with E-state index in [1.807, 2.05) is 68.4 Å². The first kappa shape index (κ1) is 24.4. The van der Waals surface area contributed by atoms with Crippen LogP contribution in [0.15, 0.2) is 63.8 Å². The van der Waals surface area contributed by atoms with Gasteiger partial charge in [0.15, 0.2) is 16.9 Å². The summed E-state index contributed by atoms with van der Waals surface area (Å²) in [4.78, 5) is 29.3. The smallest absolute Gasteiger partial charge is 0.290 e. The third-order valence-electron chi connectivity index (χ3n) is 6.92. The number of ether oxygens (including phenoxy) is 3. The standard InChI is InChI=1S/C30H29NO6/c1-17-14-18(2)28-22(15-17)27(32)25-26(20-7-9-21(34-3)10-8-20)31(30(33)29(25)37-28)13-12-19-6-11-23(35-4)24(16-19)36-5/h6-11,14-16,26H,12-13H2,1-5H3/t26-/m1/s1. The summed E-state index contributed by atoms with van der Waals surface area (Å²) in [6, 6.07) is 16.3. The lowest BCUT2D eigenvalue weighted by Crippen LogP contribution is -2.31. The van der Waals surface area contributed by atoms with Gasteiger partial charge in [0, 0.05) is 6.54 Å². The number of nitrogens with zero attached hydrogens (tertiary/aromatic N) is 1. The van der Waals surface area contributed by atoms with Gasteiger partial charge in [-0.2, -0.15) is 0 Å². The highest BCUT2D eigenvalue weighted by molar-refractivity contribution is 5.99. The van der Waals surface area contributed by atoms with Crippen LogP contribution in [0.4, 0.5) is 0 Å². The Morgan fingerprint density at radius 1 is 0.865 bits per heavy atom. The number of methoxy groups -OCH3 is 3. The summed E-state index contributed by atoms with van der Waals surface area (Å²) in [5.41, 5.74) is 4.24. The molecule has 37 heavy (non-hydrogen) atoms. The van der Waals surface area contributed by atoms with Crippen molar-refractivity contribution in [3.63, 3.8) is 0 Å². The number of hydrogen-bond acceptors (Lipinski definition) is 6. The summed E-state index contributed by atoms with van der Waals surface area (Å²) in [5.74, 6) is 1.77. The molecule has 0 bridgehead atoms. The van der Waals surface area contributed by atoms with Crippen molar-refractivity contribution in [2.75, 3.05) is 27.9 Å². The quantitative estimate of drug-likeness (QED) is 0.347. The number of carbonyl (C=O) groups is 1. The van der Waals surface area contributed by atoms with Crippen LogP contribution in [0.1, 0.15) is 44.4 Å². The molecule has 0 fully saturated rings. The van der Waals surface area contributed by atoms with Gasteiger partial charge in [0.1, 0.15) is 11.3 Å². The van der Waals surface area contributed by atoms with E-state index in [0.29, 0.717) is 46.7 Å². The molecule has 0 N–H and O–H groups in total. The molecule has 0 saturated heterocycles. The highest BCUT2D eigenvalue weighted by atomic mass is 16.5. The van der Waals surface area contributed by atoms with Crippen molar-refractivity contribution in [3.05, 3.63) is 98.4 Å². The van der Waals surface area contributed by atoms with Crippen LogP contribution in [0.5, 0.6) is 17.2 Å². The number of aryl methyl sites for hydroxylation is 2. The Balaban J connectivity index is 1.61. The van der Waals surface area contributed by atoms with E-state index >= 15 is 0 Å². The molecule has 7 heteroatoms. The molecule has 0 aliphatic carbocycles. The van der Waals surface area contributed by atoms with Crippen LogP contribution in [-0.4, -0.2) is 38.7 Å². The number of fused-ring (bicyclic) bond motifs is 2. The summed E-state index contributed by atoms with van der Waals surface area (Å²) in [7, 11) is 4.78. The van der Waals surface area contributed by atoms with Crippen LogP contribution in [0.25, 0.3) is 11.0 Å². The van der Waals surface area contributed by atoms with Crippen LogP contribution in [0.2, 0.25) is 0 Å². The predicted octanol–water partition coefficient (Wildman–Crippen LogP) is 5.22. The van der Waals surface area contributed by atoms with E-state index in [2.05, 4.69) is 0 Å². The summed E-state index contributed by atoms with van der Waals surface area (Å²) in [5, 5.41) is 0.490. The SMILES string of the molecule is COc1ccc([C@@H]2c3c(oc4c(C)cc(C)cc4c3=O)C(=O)N2CCc2ccc(OC)c(OC)c2)cc1. The van der Waals surface area contributed by atoms with Gasteiger partial charge in [-0.1, -0.05) is 24.3 Å². The zero-order valence-corrected chi connectivity index (χ0v) is 21.6. The van der Waals surface area contributed by atoms with Crippen molar-refractivity contribution in [2.45, 2.75) is 26.3 Å². The predicted molar refractivity (Wildman–Crippen MR) is 141 cm³/mol. The minimum atomic E-state index is -0.574. The molecule has 4 aromatic rings. The van der Waals surface area contributed by atoms with Gasteiger partial charge >= 0.3 is 0 Å². The van der Waals surface area contributed by atoms with Crippen LogP contribution in [-0.2, 0) is 6.42 Å². The van der Waals surface area contributed by atoms with E-state index in [9.17, 15) is 9.59 Å². The lowest BCUT2D eigenvalue weighted by molar-refractivity contribution is 0.0730. The monoisotopic (exact) mass is 499 g/mol. The second kappa shape index (κ2) is 9.65. The summed E-state index contributed by atoms with van der Waals surface area (Å²) >= 11 is 0. The molecule has 1 atom stereocenters. The molecular weight excluding hydrogens is 470 g/mol. The summed E-state index contributed by atoms with van der Waals surface area (Å²) in [6.07, 6.45) is 0.554. The molecule has 0 unspecified atom stereocenters. The van der Waals surface area contributed by atoms with E-state index in [1.165, 1.54) is 0 Å². The number of hydrogen-bond donors (Lipinski definition) is 0. The first-order valence-corrected chi connectivity index (χ1v) is 12.1. The minimum Gasteiger partial charge on any atom is -0.497 e. The van der Waals surface area contributed by atoms with Crippen LogP contribution < -0.4 is 19.6 Å². The average molecular weight is 500 g/mol. The Hall–Kier alpha value is -4.26. The number of carbonyl (C=O) groups excluding carboxylic acids is 1. The van der Waals surface area contributed by atoms with Gasteiger partial charge in [-0.3, -0.25) is 9.59 Å². The fourth-order valence-corrected chi connectivity index (χ4v) is 5.12. The maximum absolute atomic E-state index is 13.9. The van der Waals surface area contributed by atoms with E-state index in [1.54, 1.807) is 26.2 Å². The van der Waals surface area contributed by atoms with Crippen molar-refractivity contribution in [1.82, 2.24) is 4.90 Å². The molecule has 3 aromatic carbocycles.